The van der Waals surface area contributed by atoms with Gasteiger partial charge in [-0.25, -0.2) is 17.6 Å². The number of hydrogen-bond donors (Lipinski definition) is 0. The maximum absolute atomic E-state index is 14.5. The van der Waals surface area contributed by atoms with Gasteiger partial charge in [-0.1, -0.05) is 12.1 Å². The molecule has 0 radical (unpaired) electrons. The van der Waals surface area contributed by atoms with Crippen LogP contribution < -0.4 is 9.64 Å². The van der Waals surface area contributed by atoms with Crippen molar-refractivity contribution in [2.75, 3.05) is 30.9 Å². The topological polar surface area (TPSA) is 82.1 Å². The average Bonchev–Trinajstić information content (AvgIpc) is 3.15. The van der Waals surface area contributed by atoms with Crippen LogP contribution in [0.1, 0.15) is 25.8 Å². The lowest BCUT2D eigenvalue weighted by Crippen LogP contribution is -2.25. The van der Waals surface area contributed by atoms with Gasteiger partial charge in [0.25, 0.3) is 0 Å². The molecule has 174 valence electrons. The van der Waals surface area contributed by atoms with E-state index < -0.39 is 21.8 Å². The molecule has 7 nitrogen and oxygen atoms in total. The van der Waals surface area contributed by atoms with Gasteiger partial charge in [-0.15, -0.1) is 0 Å². The molecule has 0 unspecified atom stereocenters. The summed E-state index contributed by atoms with van der Waals surface area (Å²) in [5, 5.41) is 0. The maximum atomic E-state index is 14.5. The van der Waals surface area contributed by atoms with E-state index in [1.165, 1.54) is 12.1 Å². The van der Waals surface area contributed by atoms with Gasteiger partial charge in [0.1, 0.15) is 17.7 Å². The van der Waals surface area contributed by atoms with Gasteiger partial charge < -0.3 is 19.1 Å². The van der Waals surface area contributed by atoms with Crippen LogP contribution in [0.2, 0.25) is 0 Å². The normalized spacial score (nSPS) is 16.3. The minimum atomic E-state index is -3.46. The van der Waals surface area contributed by atoms with Crippen molar-refractivity contribution in [3.05, 3.63) is 53.8 Å². The lowest BCUT2D eigenvalue weighted by molar-refractivity contribution is 0.0353. The molecule has 1 heterocycles. The molecule has 0 aromatic heterocycles. The summed E-state index contributed by atoms with van der Waals surface area (Å²) >= 11 is 0. The third kappa shape index (κ3) is 6.59. The van der Waals surface area contributed by atoms with Crippen molar-refractivity contribution in [1.29, 1.82) is 0 Å². The van der Waals surface area contributed by atoms with Crippen molar-refractivity contribution in [2.24, 2.45) is 0 Å². The van der Waals surface area contributed by atoms with Crippen LogP contribution in [-0.2, 0) is 25.7 Å². The van der Waals surface area contributed by atoms with E-state index in [4.69, 9.17) is 14.2 Å². The summed E-state index contributed by atoms with van der Waals surface area (Å²) in [6.07, 6.45) is 1.25. The van der Waals surface area contributed by atoms with Crippen molar-refractivity contribution in [3.63, 3.8) is 0 Å². The van der Waals surface area contributed by atoms with Gasteiger partial charge in [0.15, 0.2) is 9.84 Å². The Morgan fingerprint density at radius 1 is 1.22 bits per heavy atom. The van der Waals surface area contributed by atoms with Gasteiger partial charge in [0, 0.05) is 25.6 Å². The first-order chi connectivity index (χ1) is 15.1. The van der Waals surface area contributed by atoms with Crippen LogP contribution in [0.4, 0.5) is 14.9 Å². The smallest absolute Gasteiger partial charge is 0.489 e. The Morgan fingerprint density at radius 3 is 2.69 bits per heavy atom. The van der Waals surface area contributed by atoms with E-state index in [9.17, 15) is 17.6 Å². The Bertz CT molecular complexity index is 1060. The summed E-state index contributed by atoms with van der Waals surface area (Å²) in [5.41, 5.74) is 1.32. The lowest BCUT2D eigenvalue weighted by atomic mass is 10.1. The maximum Gasteiger partial charge on any atom is 0.508 e. The summed E-state index contributed by atoms with van der Waals surface area (Å²) < 4.78 is 53.8. The molecule has 3 rings (SSSR count). The van der Waals surface area contributed by atoms with E-state index in [-0.39, 0.29) is 23.7 Å². The summed E-state index contributed by atoms with van der Waals surface area (Å²) in [7, 11) is -3.46. The quantitative estimate of drug-likeness (QED) is 0.545. The highest BCUT2D eigenvalue weighted by atomic mass is 32.2. The Morgan fingerprint density at radius 2 is 2.00 bits per heavy atom. The van der Waals surface area contributed by atoms with Crippen molar-refractivity contribution < 1.29 is 31.8 Å². The molecule has 1 atom stereocenters. The molecule has 0 bridgehead atoms. The van der Waals surface area contributed by atoms with Crippen LogP contribution in [0.3, 0.4) is 0 Å². The van der Waals surface area contributed by atoms with Gasteiger partial charge in [-0.2, -0.15) is 0 Å². The molecule has 1 aliphatic rings. The fourth-order valence-electron chi connectivity index (χ4n) is 3.46. The van der Waals surface area contributed by atoms with Crippen molar-refractivity contribution in [1.82, 2.24) is 0 Å². The number of ether oxygens (including phenoxy) is 3. The number of carbonyl (C=O) groups is 1. The third-order valence-corrected chi connectivity index (χ3v) is 6.09. The zero-order valence-corrected chi connectivity index (χ0v) is 19.2. The van der Waals surface area contributed by atoms with E-state index in [2.05, 4.69) is 0 Å². The first-order valence-electron chi connectivity index (χ1n) is 10.5. The largest absolute Gasteiger partial charge is 0.508 e. The van der Waals surface area contributed by atoms with Crippen molar-refractivity contribution in [3.8, 4) is 5.75 Å². The van der Waals surface area contributed by atoms with Gasteiger partial charge in [0.2, 0.25) is 0 Å². The lowest BCUT2D eigenvalue weighted by Gasteiger charge is -2.20. The summed E-state index contributed by atoms with van der Waals surface area (Å²) in [6, 6.07) is 11.5. The van der Waals surface area contributed by atoms with Crippen LogP contribution in [0.15, 0.2) is 47.4 Å². The minimum Gasteiger partial charge on any atom is -0.489 e. The van der Waals surface area contributed by atoms with Gasteiger partial charge >= 0.3 is 6.16 Å². The molecule has 0 saturated carbocycles. The molecule has 1 aliphatic heterocycles. The Balaban J connectivity index is 1.55. The number of sulfone groups is 1. The van der Waals surface area contributed by atoms with E-state index in [1.807, 2.05) is 29.2 Å². The fourth-order valence-corrected chi connectivity index (χ4v) is 4.10. The number of nitrogens with zero attached hydrogens (tertiary/aromatic N) is 1. The molecule has 9 heteroatoms. The highest BCUT2D eigenvalue weighted by molar-refractivity contribution is 7.90. The second kappa shape index (κ2) is 10.2. The van der Waals surface area contributed by atoms with Crippen LogP contribution in [0.5, 0.6) is 5.75 Å². The van der Waals surface area contributed by atoms with E-state index in [0.29, 0.717) is 37.4 Å². The first kappa shape index (κ1) is 23.8. The second-order valence-corrected chi connectivity index (χ2v) is 10.0. The highest BCUT2D eigenvalue weighted by Gasteiger charge is 2.26. The molecule has 1 saturated heterocycles. The monoisotopic (exact) mass is 465 g/mol. The predicted molar refractivity (Wildman–Crippen MR) is 118 cm³/mol. The van der Waals surface area contributed by atoms with Crippen LogP contribution in [-0.4, -0.2) is 52.7 Å². The second-order valence-electron chi connectivity index (χ2n) is 8.02. The molecular weight excluding hydrogens is 437 g/mol. The molecular formula is C23H28FNO6S. The Kier molecular flexibility index (Phi) is 7.60. The van der Waals surface area contributed by atoms with E-state index in [1.54, 1.807) is 13.8 Å². The number of benzene rings is 2. The molecule has 1 fully saturated rings. The van der Waals surface area contributed by atoms with Crippen molar-refractivity contribution in [2.45, 2.75) is 43.8 Å². The predicted octanol–water partition coefficient (Wildman–Crippen LogP) is 3.99. The highest BCUT2D eigenvalue weighted by Crippen LogP contribution is 2.28. The average molecular weight is 466 g/mol. The van der Waals surface area contributed by atoms with E-state index in [0.717, 1.165) is 17.9 Å². The number of anilines is 1. The van der Waals surface area contributed by atoms with Crippen molar-refractivity contribution >= 4 is 21.7 Å². The van der Waals surface area contributed by atoms with Gasteiger partial charge in [-0.05, 0) is 49.7 Å². The van der Waals surface area contributed by atoms with Crippen LogP contribution >= 0.6 is 0 Å². The molecule has 0 N–H and O–H groups in total. The molecule has 32 heavy (non-hydrogen) atoms. The molecule has 2 aromatic rings. The summed E-state index contributed by atoms with van der Waals surface area (Å²) in [6.45, 7) is 4.81. The number of hydrogen-bond acceptors (Lipinski definition) is 7. The SMILES string of the molecule is CC(C)OC(=O)OCCc1cccc(O[C@@H]2CCN(c3ccc(S(C)(=O)=O)cc3F)C2)c1. The number of rotatable bonds is 8. The standard InChI is InChI=1S/C23H28FNO6S/c1-16(2)30-23(26)29-12-10-17-5-4-6-18(13-17)31-19-9-11-25(15-19)22-8-7-20(14-21(22)24)32(3,27)28/h4-8,13-14,16,19H,9-12,15H2,1-3H3/t19-/m1/s1. The number of carbonyl (C=O) groups excluding carboxylic acids is 1. The van der Waals surface area contributed by atoms with Gasteiger partial charge in [-0.3, -0.25) is 0 Å². The van der Waals surface area contributed by atoms with Crippen LogP contribution in [0, 0.1) is 5.82 Å². The zero-order valence-electron chi connectivity index (χ0n) is 18.4. The molecule has 0 spiro atoms. The minimum absolute atomic E-state index is 0.0380. The first-order valence-corrected chi connectivity index (χ1v) is 12.3. The van der Waals surface area contributed by atoms with Gasteiger partial charge in [0.05, 0.1) is 29.8 Å². The third-order valence-electron chi connectivity index (χ3n) is 4.98. The Hall–Kier alpha value is -2.81. The van der Waals surface area contributed by atoms with Crippen LogP contribution in [0.25, 0.3) is 0 Å². The zero-order chi connectivity index (χ0) is 23.3. The van der Waals surface area contributed by atoms with E-state index >= 15 is 0 Å². The number of halogens is 1. The Labute approximate surface area is 188 Å². The summed E-state index contributed by atoms with van der Waals surface area (Å²) in [5.74, 6) is 0.124. The fraction of sp³-hybridized carbons (Fsp3) is 0.435. The summed E-state index contributed by atoms with van der Waals surface area (Å²) in [4.78, 5) is 13.3. The molecule has 0 aliphatic carbocycles. The molecule has 0 amide bonds. The molecule has 2 aromatic carbocycles.